The van der Waals surface area contributed by atoms with Crippen LogP contribution in [0.2, 0.25) is 0 Å². The normalized spacial score (nSPS) is 12.3. The molecule has 7 heteroatoms. The van der Waals surface area contributed by atoms with Crippen LogP contribution in [0.1, 0.15) is 39.1 Å². The number of aliphatic imine (C=N–C) groups is 1. The van der Waals surface area contributed by atoms with Crippen molar-refractivity contribution >= 4 is 17.5 Å². The fourth-order valence-corrected chi connectivity index (χ4v) is 2.65. The van der Waals surface area contributed by atoms with Gasteiger partial charge in [0.1, 0.15) is 5.65 Å². The summed E-state index contributed by atoms with van der Waals surface area (Å²) in [6, 6.07) is 6.03. The molecule has 0 unspecified atom stereocenters. The van der Waals surface area contributed by atoms with Crippen LogP contribution in [0.15, 0.2) is 29.4 Å². The van der Waals surface area contributed by atoms with Crippen LogP contribution >= 0.6 is 0 Å². The molecule has 142 valence electrons. The van der Waals surface area contributed by atoms with E-state index >= 15 is 0 Å². The molecule has 2 rings (SSSR count). The summed E-state index contributed by atoms with van der Waals surface area (Å²) < 4.78 is 2.05. The Balaban J connectivity index is 2.09. The maximum atomic E-state index is 12.2. The van der Waals surface area contributed by atoms with Gasteiger partial charge in [-0.05, 0) is 46.8 Å². The van der Waals surface area contributed by atoms with Gasteiger partial charge in [-0.3, -0.25) is 4.79 Å². The number of carbonyl (C=O) groups is 1. The fourth-order valence-electron chi connectivity index (χ4n) is 2.65. The van der Waals surface area contributed by atoms with Crippen LogP contribution in [0.5, 0.6) is 0 Å². The predicted octanol–water partition coefficient (Wildman–Crippen LogP) is 1.95. The van der Waals surface area contributed by atoms with Crippen LogP contribution in [-0.4, -0.2) is 51.8 Å². The number of likely N-dealkylation sites (N-methyl/N-ethyl adjacent to an activating group) is 1. The number of fused-ring (bicyclic) bond motifs is 1. The molecule has 0 spiro atoms. The van der Waals surface area contributed by atoms with Gasteiger partial charge in [0, 0.05) is 31.0 Å². The Morgan fingerprint density at radius 3 is 2.69 bits per heavy atom. The number of nitrogens with one attached hydrogen (secondary N) is 2. The van der Waals surface area contributed by atoms with E-state index in [-0.39, 0.29) is 18.0 Å². The number of aromatic nitrogens is 2. The highest BCUT2D eigenvalue weighted by molar-refractivity contribution is 5.86. The highest BCUT2D eigenvalue weighted by Crippen LogP contribution is 2.09. The van der Waals surface area contributed by atoms with Crippen molar-refractivity contribution in [2.24, 2.45) is 4.99 Å². The molecule has 0 radical (unpaired) electrons. The van der Waals surface area contributed by atoms with Crippen molar-refractivity contribution in [1.29, 1.82) is 0 Å². The Bertz CT molecular complexity index is 787. The second-order valence-electron chi connectivity index (χ2n) is 7.45. The van der Waals surface area contributed by atoms with Gasteiger partial charge in [0.2, 0.25) is 5.91 Å². The first-order valence-corrected chi connectivity index (χ1v) is 8.93. The molecule has 7 nitrogen and oxygen atoms in total. The summed E-state index contributed by atoms with van der Waals surface area (Å²) in [5.74, 6) is 0.652. The van der Waals surface area contributed by atoms with E-state index < -0.39 is 0 Å². The van der Waals surface area contributed by atoms with E-state index in [1.807, 2.05) is 71.0 Å². The van der Waals surface area contributed by atoms with Crippen LogP contribution in [0.4, 0.5) is 0 Å². The van der Waals surface area contributed by atoms with Gasteiger partial charge in [-0.2, -0.15) is 0 Å². The molecule has 2 aromatic heterocycles. The SMILES string of the molecule is CCNC(=NCc1cn2c(C)cccc2n1)N(C)CC(=O)NC(C)(C)C. The Labute approximate surface area is 155 Å². The van der Waals surface area contributed by atoms with Gasteiger partial charge >= 0.3 is 0 Å². The van der Waals surface area contributed by atoms with Crippen molar-refractivity contribution < 1.29 is 4.79 Å². The van der Waals surface area contributed by atoms with Crippen molar-refractivity contribution in [3.05, 3.63) is 35.8 Å². The van der Waals surface area contributed by atoms with Gasteiger partial charge in [-0.1, -0.05) is 6.07 Å². The van der Waals surface area contributed by atoms with E-state index in [0.717, 1.165) is 23.6 Å². The summed E-state index contributed by atoms with van der Waals surface area (Å²) in [5.41, 5.74) is 2.69. The van der Waals surface area contributed by atoms with Crippen LogP contribution in [-0.2, 0) is 11.3 Å². The zero-order valence-electron chi connectivity index (χ0n) is 16.6. The summed E-state index contributed by atoms with van der Waals surface area (Å²) in [6.45, 7) is 11.4. The molecule has 0 aliphatic rings. The molecule has 0 bridgehead atoms. The highest BCUT2D eigenvalue weighted by Gasteiger charge is 2.16. The first-order chi connectivity index (χ1) is 12.2. The van der Waals surface area contributed by atoms with Gasteiger partial charge in [-0.15, -0.1) is 0 Å². The summed E-state index contributed by atoms with van der Waals surface area (Å²) >= 11 is 0. The molecule has 1 amide bonds. The predicted molar refractivity (Wildman–Crippen MR) is 105 cm³/mol. The van der Waals surface area contributed by atoms with Gasteiger partial charge in [0.25, 0.3) is 0 Å². The first-order valence-electron chi connectivity index (χ1n) is 8.93. The maximum absolute atomic E-state index is 12.2. The lowest BCUT2D eigenvalue weighted by Gasteiger charge is -2.25. The van der Waals surface area contributed by atoms with Gasteiger partial charge < -0.3 is 19.9 Å². The molecule has 2 heterocycles. The van der Waals surface area contributed by atoms with Crippen molar-refractivity contribution in [1.82, 2.24) is 24.9 Å². The van der Waals surface area contributed by atoms with Crippen LogP contribution in [0, 0.1) is 6.92 Å². The van der Waals surface area contributed by atoms with E-state index in [0.29, 0.717) is 12.5 Å². The summed E-state index contributed by atoms with van der Waals surface area (Å²) in [4.78, 5) is 23.2. The molecule has 0 saturated heterocycles. The van der Waals surface area contributed by atoms with Crippen molar-refractivity contribution in [3.8, 4) is 0 Å². The third-order valence-electron chi connectivity index (χ3n) is 3.73. The molecule has 0 aromatic carbocycles. The second-order valence-corrected chi connectivity index (χ2v) is 7.45. The Hall–Kier alpha value is -2.57. The van der Waals surface area contributed by atoms with Crippen LogP contribution in [0.3, 0.4) is 0 Å². The van der Waals surface area contributed by atoms with E-state index in [2.05, 4.69) is 25.0 Å². The van der Waals surface area contributed by atoms with E-state index in [4.69, 9.17) is 0 Å². The quantitative estimate of drug-likeness (QED) is 0.633. The van der Waals surface area contributed by atoms with Gasteiger partial charge in [0.15, 0.2) is 5.96 Å². The Kier molecular flexibility index (Phi) is 6.23. The van der Waals surface area contributed by atoms with Gasteiger partial charge in [-0.25, -0.2) is 9.98 Å². The first kappa shape index (κ1) is 19.8. The largest absolute Gasteiger partial charge is 0.357 e. The number of aryl methyl sites for hydroxylation is 1. The number of pyridine rings is 1. The molecule has 26 heavy (non-hydrogen) atoms. The average Bonchev–Trinajstić information content (AvgIpc) is 2.93. The molecule has 0 fully saturated rings. The van der Waals surface area contributed by atoms with Crippen LogP contribution in [0.25, 0.3) is 5.65 Å². The highest BCUT2D eigenvalue weighted by atomic mass is 16.2. The van der Waals surface area contributed by atoms with Gasteiger partial charge in [0.05, 0.1) is 18.8 Å². The minimum Gasteiger partial charge on any atom is -0.357 e. The molecule has 2 aromatic rings. The van der Waals surface area contributed by atoms with E-state index in [1.165, 1.54) is 0 Å². The smallest absolute Gasteiger partial charge is 0.240 e. The molecule has 2 N–H and O–H groups in total. The molecule has 0 atom stereocenters. The van der Waals surface area contributed by atoms with E-state index in [1.54, 1.807) is 0 Å². The van der Waals surface area contributed by atoms with Crippen molar-refractivity contribution in [2.75, 3.05) is 20.1 Å². The number of hydrogen-bond donors (Lipinski definition) is 2. The molecular weight excluding hydrogens is 328 g/mol. The number of carbonyl (C=O) groups excluding carboxylic acids is 1. The zero-order chi connectivity index (χ0) is 19.3. The minimum absolute atomic E-state index is 0.0334. The third-order valence-corrected chi connectivity index (χ3v) is 3.73. The average molecular weight is 358 g/mol. The zero-order valence-corrected chi connectivity index (χ0v) is 16.6. The lowest BCUT2D eigenvalue weighted by molar-refractivity contribution is -0.122. The molecule has 0 aliphatic heterocycles. The Morgan fingerprint density at radius 2 is 2.08 bits per heavy atom. The molecule has 0 aliphatic carbocycles. The maximum Gasteiger partial charge on any atom is 0.240 e. The number of imidazole rings is 1. The van der Waals surface area contributed by atoms with Crippen molar-refractivity contribution in [3.63, 3.8) is 0 Å². The number of hydrogen-bond acceptors (Lipinski definition) is 3. The number of nitrogens with zero attached hydrogens (tertiary/aromatic N) is 4. The number of rotatable bonds is 5. The summed E-state index contributed by atoms with van der Waals surface area (Å²) in [6.07, 6.45) is 2.00. The lowest BCUT2D eigenvalue weighted by Crippen LogP contribution is -2.48. The topological polar surface area (TPSA) is 74.0 Å². The molecule has 0 saturated carbocycles. The fraction of sp³-hybridized carbons (Fsp3) is 0.526. The lowest BCUT2D eigenvalue weighted by atomic mass is 10.1. The van der Waals surface area contributed by atoms with Crippen molar-refractivity contribution in [2.45, 2.75) is 46.7 Å². The minimum atomic E-state index is -0.248. The van der Waals surface area contributed by atoms with E-state index in [9.17, 15) is 4.79 Å². The Morgan fingerprint density at radius 1 is 1.35 bits per heavy atom. The number of amides is 1. The standard InChI is InChI=1S/C19H30N6O/c1-7-20-18(24(6)13-17(26)23-19(3,4)5)21-11-15-12-25-14(2)9-8-10-16(25)22-15/h8-10,12H,7,11,13H2,1-6H3,(H,20,21)(H,23,26). The summed E-state index contributed by atoms with van der Waals surface area (Å²) in [7, 11) is 1.86. The monoisotopic (exact) mass is 358 g/mol. The third kappa shape index (κ3) is 5.47. The number of guanidine groups is 1. The van der Waals surface area contributed by atoms with Crippen LogP contribution < -0.4 is 10.6 Å². The molecular formula is C19H30N6O. The summed E-state index contributed by atoms with van der Waals surface area (Å²) in [5, 5.41) is 6.19. The second kappa shape index (κ2) is 8.21.